The van der Waals surface area contributed by atoms with Crippen molar-refractivity contribution < 1.29 is 0 Å². The van der Waals surface area contributed by atoms with Crippen molar-refractivity contribution in [1.29, 1.82) is 0 Å². The van der Waals surface area contributed by atoms with E-state index in [1.165, 1.54) is 35.9 Å². The predicted molar refractivity (Wildman–Crippen MR) is 94.4 cm³/mol. The van der Waals surface area contributed by atoms with Gasteiger partial charge in [0, 0.05) is 30.6 Å². The number of para-hydroxylation sites is 1. The van der Waals surface area contributed by atoms with Crippen LogP contribution in [-0.2, 0) is 13.1 Å². The molecule has 1 aliphatic heterocycles. The first-order valence-corrected chi connectivity index (χ1v) is 8.14. The van der Waals surface area contributed by atoms with Gasteiger partial charge >= 0.3 is 0 Å². The molecule has 0 aliphatic carbocycles. The molecule has 1 saturated heterocycles. The topological polar surface area (TPSA) is 47.1 Å². The summed E-state index contributed by atoms with van der Waals surface area (Å²) in [6, 6.07) is 9.26. The summed E-state index contributed by atoms with van der Waals surface area (Å²) in [6.45, 7) is 7.25. The van der Waals surface area contributed by atoms with Crippen molar-refractivity contribution in [2.24, 2.45) is 5.73 Å². The van der Waals surface area contributed by atoms with Crippen LogP contribution in [0, 0.1) is 0 Å². The number of piperidine rings is 1. The largest absolute Gasteiger partial charge is 0.327 e. The van der Waals surface area contributed by atoms with Gasteiger partial charge in [0.25, 0.3) is 0 Å². The number of rotatable bonds is 4. The molecule has 1 aromatic carbocycles. The number of aromatic nitrogens is 2. The standard InChI is InChI=1S/C17H26N4.ClH/c1-3-21-17-10-5-4-8-14(17)15(19-21)12-20-11-7-6-9-16(20)13(2)18;/h4-5,8,10,13,16H,3,6-7,9,11-12,18H2,1-2H3;1H. The van der Waals surface area contributed by atoms with E-state index in [4.69, 9.17) is 10.8 Å². The number of hydrogen-bond acceptors (Lipinski definition) is 3. The second-order valence-corrected chi connectivity index (χ2v) is 6.17. The summed E-state index contributed by atoms with van der Waals surface area (Å²) < 4.78 is 2.11. The Kier molecular flexibility index (Phi) is 5.84. The molecule has 2 heterocycles. The molecule has 22 heavy (non-hydrogen) atoms. The Bertz CT molecular complexity index is 608. The smallest absolute Gasteiger partial charge is 0.0843 e. The van der Waals surface area contributed by atoms with E-state index in [9.17, 15) is 0 Å². The highest BCUT2D eigenvalue weighted by Crippen LogP contribution is 2.25. The molecule has 2 aromatic rings. The third kappa shape index (κ3) is 3.29. The van der Waals surface area contributed by atoms with Crippen LogP contribution in [0.25, 0.3) is 10.9 Å². The number of halogens is 1. The maximum Gasteiger partial charge on any atom is 0.0843 e. The average molecular weight is 323 g/mol. The minimum absolute atomic E-state index is 0. The summed E-state index contributed by atoms with van der Waals surface area (Å²) in [4.78, 5) is 2.53. The Hall–Kier alpha value is -1.10. The fraction of sp³-hybridized carbons (Fsp3) is 0.588. The lowest BCUT2D eigenvalue weighted by atomic mass is 9.96. The molecular formula is C17H27ClN4. The van der Waals surface area contributed by atoms with Crippen LogP contribution in [0.3, 0.4) is 0 Å². The summed E-state index contributed by atoms with van der Waals surface area (Å²) in [5.41, 5.74) is 8.62. The van der Waals surface area contributed by atoms with Gasteiger partial charge in [-0.2, -0.15) is 5.10 Å². The third-order valence-corrected chi connectivity index (χ3v) is 4.66. The minimum Gasteiger partial charge on any atom is -0.327 e. The van der Waals surface area contributed by atoms with Gasteiger partial charge in [0.1, 0.15) is 0 Å². The van der Waals surface area contributed by atoms with Crippen LogP contribution < -0.4 is 5.73 Å². The lowest BCUT2D eigenvalue weighted by Gasteiger charge is -2.37. The fourth-order valence-electron chi connectivity index (χ4n) is 3.55. The van der Waals surface area contributed by atoms with Crippen molar-refractivity contribution >= 4 is 23.3 Å². The van der Waals surface area contributed by atoms with Gasteiger partial charge in [0.15, 0.2) is 0 Å². The molecule has 3 rings (SSSR count). The lowest BCUT2D eigenvalue weighted by molar-refractivity contribution is 0.121. The van der Waals surface area contributed by atoms with Crippen LogP contribution in [0.5, 0.6) is 0 Å². The molecule has 2 atom stereocenters. The molecule has 1 aliphatic rings. The fourth-order valence-corrected chi connectivity index (χ4v) is 3.55. The number of benzene rings is 1. The van der Waals surface area contributed by atoms with Crippen molar-refractivity contribution in [3.63, 3.8) is 0 Å². The normalized spacial score (nSPS) is 20.8. The van der Waals surface area contributed by atoms with Crippen molar-refractivity contribution in [2.75, 3.05) is 6.54 Å². The number of fused-ring (bicyclic) bond motifs is 1. The molecule has 5 heteroatoms. The van der Waals surface area contributed by atoms with Gasteiger partial charge in [-0.15, -0.1) is 12.4 Å². The molecule has 0 bridgehead atoms. The van der Waals surface area contributed by atoms with E-state index in [1.807, 2.05) is 0 Å². The van der Waals surface area contributed by atoms with Crippen molar-refractivity contribution in [3.8, 4) is 0 Å². The number of likely N-dealkylation sites (tertiary alicyclic amines) is 1. The molecule has 2 N–H and O–H groups in total. The molecule has 0 spiro atoms. The van der Waals surface area contributed by atoms with Gasteiger partial charge in [0.05, 0.1) is 11.2 Å². The van der Waals surface area contributed by atoms with E-state index in [1.54, 1.807) is 0 Å². The zero-order chi connectivity index (χ0) is 14.8. The van der Waals surface area contributed by atoms with E-state index in [2.05, 4.69) is 47.7 Å². The highest BCUT2D eigenvalue weighted by atomic mass is 35.5. The zero-order valence-corrected chi connectivity index (χ0v) is 14.4. The Labute approximate surface area is 139 Å². The minimum atomic E-state index is 0. The highest BCUT2D eigenvalue weighted by molar-refractivity contribution is 5.85. The molecule has 2 unspecified atom stereocenters. The van der Waals surface area contributed by atoms with E-state index in [0.717, 1.165) is 19.6 Å². The molecule has 1 aromatic heterocycles. The summed E-state index contributed by atoms with van der Waals surface area (Å²) in [5, 5.41) is 6.12. The van der Waals surface area contributed by atoms with Gasteiger partial charge < -0.3 is 5.73 Å². The van der Waals surface area contributed by atoms with Gasteiger partial charge in [0.2, 0.25) is 0 Å². The maximum atomic E-state index is 6.19. The molecular weight excluding hydrogens is 296 g/mol. The molecule has 0 amide bonds. The summed E-state index contributed by atoms with van der Waals surface area (Å²) in [6.07, 6.45) is 3.78. The van der Waals surface area contributed by atoms with Gasteiger partial charge in [-0.05, 0) is 39.3 Å². The second kappa shape index (κ2) is 7.44. The first-order valence-electron chi connectivity index (χ1n) is 8.14. The number of nitrogens with two attached hydrogens (primary N) is 1. The molecule has 0 radical (unpaired) electrons. The monoisotopic (exact) mass is 322 g/mol. The van der Waals surface area contributed by atoms with Crippen LogP contribution in [0.4, 0.5) is 0 Å². The number of aryl methyl sites for hydroxylation is 1. The summed E-state index contributed by atoms with van der Waals surface area (Å²) >= 11 is 0. The predicted octanol–water partition coefficient (Wildman–Crippen LogP) is 3.18. The molecule has 1 fully saturated rings. The van der Waals surface area contributed by atoms with Crippen molar-refractivity contribution in [1.82, 2.24) is 14.7 Å². The first kappa shape index (κ1) is 17.3. The van der Waals surface area contributed by atoms with Crippen LogP contribution in [0.1, 0.15) is 38.8 Å². The lowest BCUT2D eigenvalue weighted by Crippen LogP contribution is -2.48. The van der Waals surface area contributed by atoms with Crippen molar-refractivity contribution in [2.45, 2.75) is 58.3 Å². The van der Waals surface area contributed by atoms with E-state index in [0.29, 0.717) is 6.04 Å². The van der Waals surface area contributed by atoms with Gasteiger partial charge in [-0.1, -0.05) is 24.6 Å². The third-order valence-electron chi connectivity index (χ3n) is 4.66. The second-order valence-electron chi connectivity index (χ2n) is 6.17. The van der Waals surface area contributed by atoms with Crippen molar-refractivity contribution in [3.05, 3.63) is 30.0 Å². The summed E-state index contributed by atoms with van der Waals surface area (Å²) in [7, 11) is 0. The Morgan fingerprint density at radius 2 is 2.09 bits per heavy atom. The number of nitrogens with zero attached hydrogens (tertiary/aromatic N) is 3. The molecule has 4 nitrogen and oxygen atoms in total. The van der Waals surface area contributed by atoms with E-state index >= 15 is 0 Å². The zero-order valence-electron chi connectivity index (χ0n) is 13.5. The molecule has 0 saturated carbocycles. The SMILES string of the molecule is CCn1nc(CN2CCCCC2C(C)N)c2ccccc21.Cl. The highest BCUT2D eigenvalue weighted by Gasteiger charge is 2.26. The summed E-state index contributed by atoms with van der Waals surface area (Å²) in [5.74, 6) is 0. The van der Waals surface area contributed by atoms with E-state index < -0.39 is 0 Å². The maximum absolute atomic E-state index is 6.19. The Morgan fingerprint density at radius 3 is 2.82 bits per heavy atom. The van der Waals surface area contributed by atoms with Gasteiger partial charge in [-0.25, -0.2) is 0 Å². The Morgan fingerprint density at radius 1 is 1.32 bits per heavy atom. The van der Waals surface area contributed by atoms with Crippen LogP contribution >= 0.6 is 12.4 Å². The molecule has 122 valence electrons. The number of hydrogen-bond donors (Lipinski definition) is 1. The van der Waals surface area contributed by atoms with Gasteiger partial charge in [-0.3, -0.25) is 9.58 Å². The van der Waals surface area contributed by atoms with Crippen LogP contribution in [0.15, 0.2) is 24.3 Å². The van der Waals surface area contributed by atoms with E-state index in [-0.39, 0.29) is 18.4 Å². The average Bonchev–Trinajstić information content (AvgIpc) is 2.86. The Balaban J connectivity index is 0.00000176. The first-order chi connectivity index (χ1) is 10.2. The quantitative estimate of drug-likeness (QED) is 0.940. The van der Waals surface area contributed by atoms with Crippen LogP contribution in [0.2, 0.25) is 0 Å². The van der Waals surface area contributed by atoms with Crippen LogP contribution in [-0.4, -0.2) is 33.3 Å².